The van der Waals surface area contributed by atoms with Gasteiger partial charge in [0.25, 0.3) is 5.69 Å². The zero-order valence-corrected chi connectivity index (χ0v) is 11.0. The molecule has 0 aliphatic carbocycles. The van der Waals surface area contributed by atoms with Crippen molar-refractivity contribution in [3.8, 4) is 0 Å². The number of nitrogens with two attached hydrogens (primary N) is 1. The van der Waals surface area contributed by atoms with Crippen LogP contribution in [0.1, 0.15) is 38.3 Å². The maximum atomic E-state index is 13.2. The predicted molar refractivity (Wildman–Crippen MR) is 70.1 cm³/mol. The molecule has 19 heavy (non-hydrogen) atoms. The normalized spacial score (nSPS) is 14.4. The summed E-state index contributed by atoms with van der Waals surface area (Å²) in [6.07, 6.45) is 0.243. The van der Waals surface area contributed by atoms with Crippen molar-refractivity contribution in [3.05, 3.63) is 39.7 Å². The van der Waals surface area contributed by atoms with Gasteiger partial charge < -0.3 is 10.8 Å². The summed E-state index contributed by atoms with van der Waals surface area (Å²) < 4.78 is 13.2. The zero-order chi connectivity index (χ0) is 14.6. The van der Waals surface area contributed by atoms with Crippen LogP contribution in [-0.2, 0) is 0 Å². The highest BCUT2D eigenvalue weighted by Gasteiger charge is 2.25. The molecule has 5 nitrogen and oxygen atoms in total. The molecule has 0 amide bonds. The van der Waals surface area contributed by atoms with Crippen molar-refractivity contribution in [2.75, 3.05) is 0 Å². The maximum absolute atomic E-state index is 13.2. The Morgan fingerprint density at radius 3 is 2.58 bits per heavy atom. The summed E-state index contributed by atoms with van der Waals surface area (Å²) >= 11 is 0. The second-order valence-corrected chi connectivity index (χ2v) is 5.02. The lowest BCUT2D eigenvalue weighted by molar-refractivity contribution is -0.385. The van der Waals surface area contributed by atoms with E-state index in [0.717, 1.165) is 24.6 Å². The summed E-state index contributed by atoms with van der Waals surface area (Å²) in [6, 6.07) is 2.13. The lowest BCUT2D eigenvalue weighted by Gasteiger charge is -2.20. The van der Waals surface area contributed by atoms with Gasteiger partial charge in [-0.15, -0.1) is 0 Å². The first-order chi connectivity index (χ1) is 8.82. The highest BCUT2D eigenvalue weighted by atomic mass is 19.1. The minimum Gasteiger partial charge on any atom is -0.391 e. The lowest BCUT2D eigenvalue weighted by atomic mass is 9.95. The number of nitrogens with zero attached hydrogens (tertiary/aromatic N) is 1. The first-order valence-electron chi connectivity index (χ1n) is 6.20. The SMILES string of the molecule is CC(C)CC[C@H](O)[C@H](N)c1cc(F)ccc1[N+](=O)[O-]. The molecule has 0 bridgehead atoms. The number of nitro groups is 1. The lowest BCUT2D eigenvalue weighted by Crippen LogP contribution is -2.27. The van der Waals surface area contributed by atoms with E-state index in [9.17, 15) is 19.6 Å². The second kappa shape index (κ2) is 6.58. The van der Waals surface area contributed by atoms with Gasteiger partial charge in [-0.25, -0.2) is 4.39 Å². The Morgan fingerprint density at radius 2 is 2.05 bits per heavy atom. The summed E-state index contributed by atoms with van der Waals surface area (Å²) in [5, 5.41) is 20.8. The summed E-state index contributed by atoms with van der Waals surface area (Å²) in [7, 11) is 0. The quantitative estimate of drug-likeness (QED) is 0.614. The Morgan fingerprint density at radius 1 is 1.42 bits per heavy atom. The highest BCUT2D eigenvalue weighted by Crippen LogP contribution is 2.28. The molecule has 0 aromatic heterocycles. The van der Waals surface area contributed by atoms with Crippen LogP contribution < -0.4 is 5.73 Å². The van der Waals surface area contributed by atoms with Gasteiger partial charge in [-0.3, -0.25) is 10.1 Å². The van der Waals surface area contributed by atoms with Crippen LogP contribution in [0.2, 0.25) is 0 Å². The van der Waals surface area contributed by atoms with Crippen LogP contribution in [0.3, 0.4) is 0 Å². The maximum Gasteiger partial charge on any atom is 0.274 e. The second-order valence-electron chi connectivity index (χ2n) is 5.02. The summed E-state index contributed by atoms with van der Waals surface area (Å²) in [6.45, 7) is 4.01. The molecule has 0 aliphatic heterocycles. The Labute approximate surface area is 111 Å². The Kier molecular flexibility index (Phi) is 5.38. The topological polar surface area (TPSA) is 89.4 Å². The Bertz CT molecular complexity index is 452. The molecule has 3 N–H and O–H groups in total. The van der Waals surface area contributed by atoms with Gasteiger partial charge in [0, 0.05) is 6.07 Å². The summed E-state index contributed by atoms with van der Waals surface area (Å²) in [4.78, 5) is 10.3. The number of nitro benzene ring substituents is 1. The molecule has 0 radical (unpaired) electrons. The van der Waals surface area contributed by atoms with Gasteiger partial charge in [-0.1, -0.05) is 13.8 Å². The van der Waals surface area contributed by atoms with E-state index < -0.39 is 22.9 Å². The molecule has 0 spiro atoms. The minimum absolute atomic E-state index is 0.0289. The minimum atomic E-state index is -0.963. The third kappa shape index (κ3) is 4.25. The number of aliphatic hydroxyl groups excluding tert-OH is 1. The third-order valence-electron chi connectivity index (χ3n) is 3.00. The van der Waals surface area contributed by atoms with E-state index >= 15 is 0 Å². The van der Waals surface area contributed by atoms with Crippen molar-refractivity contribution in [2.45, 2.75) is 38.8 Å². The summed E-state index contributed by atoms with van der Waals surface area (Å²) in [5.74, 6) is -0.212. The van der Waals surface area contributed by atoms with E-state index in [1.807, 2.05) is 13.8 Å². The highest BCUT2D eigenvalue weighted by molar-refractivity contribution is 5.42. The predicted octanol–water partition coefficient (Wildman–Crippen LogP) is 2.53. The van der Waals surface area contributed by atoms with Crippen LogP contribution in [0, 0.1) is 21.8 Å². The van der Waals surface area contributed by atoms with Crippen molar-refractivity contribution in [1.82, 2.24) is 0 Å². The number of hydrogen-bond donors (Lipinski definition) is 2. The molecule has 0 unspecified atom stereocenters. The Hall–Kier alpha value is -1.53. The van der Waals surface area contributed by atoms with Crippen molar-refractivity contribution < 1.29 is 14.4 Å². The van der Waals surface area contributed by atoms with Crippen LogP contribution in [0.25, 0.3) is 0 Å². The van der Waals surface area contributed by atoms with E-state index in [1.54, 1.807) is 0 Å². The molecule has 0 fully saturated rings. The van der Waals surface area contributed by atoms with Crippen LogP contribution in [0.5, 0.6) is 0 Å². The molecule has 1 rings (SSSR count). The number of aliphatic hydroxyl groups is 1. The average Bonchev–Trinajstić information content (AvgIpc) is 2.34. The molecule has 1 aromatic carbocycles. The number of benzene rings is 1. The van der Waals surface area contributed by atoms with Crippen molar-refractivity contribution in [2.24, 2.45) is 11.7 Å². The fourth-order valence-corrected chi connectivity index (χ4v) is 1.85. The van der Waals surface area contributed by atoms with E-state index in [-0.39, 0.29) is 11.3 Å². The van der Waals surface area contributed by atoms with Gasteiger partial charge >= 0.3 is 0 Å². The van der Waals surface area contributed by atoms with E-state index in [1.165, 1.54) is 0 Å². The van der Waals surface area contributed by atoms with Crippen molar-refractivity contribution in [1.29, 1.82) is 0 Å². The van der Waals surface area contributed by atoms with Gasteiger partial charge in [-0.2, -0.15) is 0 Å². The molecule has 106 valence electrons. The Balaban J connectivity index is 2.94. The molecule has 6 heteroatoms. The standard InChI is InChI=1S/C13H19FN2O3/c1-8(2)3-6-12(17)13(15)10-7-9(14)4-5-11(10)16(18)19/h4-5,7-8,12-13,17H,3,6,15H2,1-2H3/t12-,13+/m0/s1. The molecular formula is C13H19FN2O3. The van der Waals surface area contributed by atoms with Gasteiger partial charge in [-0.05, 0) is 30.9 Å². The molecule has 0 heterocycles. The molecule has 2 atom stereocenters. The van der Waals surface area contributed by atoms with E-state index in [2.05, 4.69) is 0 Å². The van der Waals surface area contributed by atoms with E-state index in [0.29, 0.717) is 12.3 Å². The zero-order valence-electron chi connectivity index (χ0n) is 11.0. The van der Waals surface area contributed by atoms with Crippen molar-refractivity contribution in [3.63, 3.8) is 0 Å². The first-order valence-corrected chi connectivity index (χ1v) is 6.20. The summed E-state index contributed by atoms with van der Waals surface area (Å²) in [5.41, 5.74) is 5.57. The molecule has 1 aromatic rings. The van der Waals surface area contributed by atoms with Crippen LogP contribution in [-0.4, -0.2) is 16.1 Å². The average molecular weight is 270 g/mol. The fourth-order valence-electron chi connectivity index (χ4n) is 1.85. The molecule has 0 aliphatic rings. The monoisotopic (exact) mass is 270 g/mol. The van der Waals surface area contributed by atoms with Crippen molar-refractivity contribution >= 4 is 5.69 Å². The number of rotatable bonds is 6. The number of halogens is 1. The molecule has 0 saturated carbocycles. The third-order valence-corrected chi connectivity index (χ3v) is 3.00. The smallest absolute Gasteiger partial charge is 0.274 e. The van der Waals surface area contributed by atoms with Gasteiger partial charge in [0.2, 0.25) is 0 Å². The molecule has 0 saturated heterocycles. The first kappa shape index (κ1) is 15.5. The van der Waals surface area contributed by atoms with Crippen LogP contribution in [0.4, 0.5) is 10.1 Å². The van der Waals surface area contributed by atoms with Crippen LogP contribution in [0.15, 0.2) is 18.2 Å². The largest absolute Gasteiger partial charge is 0.391 e. The molecular weight excluding hydrogens is 251 g/mol. The van der Waals surface area contributed by atoms with Gasteiger partial charge in [0.1, 0.15) is 5.82 Å². The van der Waals surface area contributed by atoms with Crippen LogP contribution >= 0.6 is 0 Å². The van der Waals surface area contributed by atoms with Gasteiger partial charge in [0.15, 0.2) is 0 Å². The number of hydrogen-bond acceptors (Lipinski definition) is 4. The van der Waals surface area contributed by atoms with Gasteiger partial charge in [0.05, 0.1) is 22.6 Å². The van der Waals surface area contributed by atoms with E-state index in [4.69, 9.17) is 5.73 Å². The fraction of sp³-hybridized carbons (Fsp3) is 0.538.